The monoisotopic (exact) mass is 243 g/mol. The highest BCUT2D eigenvalue weighted by Crippen LogP contribution is 2.27. The van der Waals surface area contributed by atoms with Crippen molar-refractivity contribution in [1.82, 2.24) is 9.97 Å². The van der Waals surface area contributed by atoms with E-state index in [4.69, 9.17) is 4.74 Å². The Labute approximate surface area is 104 Å². The molecule has 18 heavy (non-hydrogen) atoms. The Morgan fingerprint density at radius 1 is 1.44 bits per heavy atom. The highest BCUT2D eigenvalue weighted by molar-refractivity contribution is 6.08. The molecule has 0 fully saturated rings. The lowest BCUT2D eigenvalue weighted by Crippen LogP contribution is -2.26. The fourth-order valence-corrected chi connectivity index (χ4v) is 2.25. The van der Waals surface area contributed by atoms with Crippen LogP contribution in [0.3, 0.4) is 0 Å². The van der Waals surface area contributed by atoms with E-state index in [-0.39, 0.29) is 5.91 Å². The molecule has 0 atom stereocenters. The van der Waals surface area contributed by atoms with Crippen molar-refractivity contribution >= 4 is 22.6 Å². The Kier molecular flexibility index (Phi) is 2.33. The van der Waals surface area contributed by atoms with Crippen LogP contribution in [-0.4, -0.2) is 29.5 Å². The van der Waals surface area contributed by atoms with Gasteiger partial charge < -0.3 is 14.6 Å². The van der Waals surface area contributed by atoms with Gasteiger partial charge in [0.2, 0.25) is 0 Å². The standard InChI is InChI=1S/C13H13N3O2/c1-8-6-16(13(17)12(8)18-2)9-3-4-10-11(5-9)15-7-14-10/h3-5,7H,6H2,1-2H3,(H,14,15). The number of hydrogen-bond acceptors (Lipinski definition) is 3. The molecule has 1 aromatic heterocycles. The molecule has 1 aliphatic rings. The number of rotatable bonds is 2. The number of nitrogens with zero attached hydrogens (tertiary/aromatic N) is 2. The summed E-state index contributed by atoms with van der Waals surface area (Å²) in [5.41, 5.74) is 3.61. The number of fused-ring (bicyclic) bond motifs is 1. The van der Waals surface area contributed by atoms with E-state index in [1.807, 2.05) is 25.1 Å². The smallest absolute Gasteiger partial charge is 0.293 e. The Morgan fingerprint density at radius 2 is 2.28 bits per heavy atom. The summed E-state index contributed by atoms with van der Waals surface area (Å²) in [6.45, 7) is 2.48. The third-order valence-corrected chi connectivity index (χ3v) is 3.14. The quantitative estimate of drug-likeness (QED) is 0.875. The van der Waals surface area contributed by atoms with Crippen molar-refractivity contribution in [2.75, 3.05) is 18.6 Å². The average molecular weight is 243 g/mol. The highest BCUT2D eigenvalue weighted by Gasteiger charge is 2.30. The molecule has 3 rings (SSSR count). The van der Waals surface area contributed by atoms with Gasteiger partial charge in [0.15, 0.2) is 5.76 Å². The van der Waals surface area contributed by atoms with Crippen LogP contribution in [0, 0.1) is 0 Å². The van der Waals surface area contributed by atoms with Crippen LogP contribution in [0.2, 0.25) is 0 Å². The van der Waals surface area contributed by atoms with Crippen molar-refractivity contribution < 1.29 is 9.53 Å². The molecule has 5 heteroatoms. The number of aromatic nitrogens is 2. The number of ether oxygens (including phenoxy) is 1. The Morgan fingerprint density at radius 3 is 3.00 bits per heavy atom. The number of methoxy groups -OCH3 is 1. The highest BCUT2D eigenvalue weighted by atomic mass is 16.5. The van der Waals surface area contributed by atoms with E-state index in [9.17, 15) is 4.79 Å². The molecular formula is C13H13N3O2. The number of carbonyl (C=O) groups is 1. The fraction of sp³-hybridized carbons (Fsp3) is 0.231. The zero-order valence-corrected chi connectivity index (χ0v) is 10.2. The second-order valence-electron chi connectivity index (χ2n) is 4.31. The zero-order chi connectivity index (χ0) is 12.7. The second kappa shape index (κ2) is 3.87. The summed E-state index contributed by atoms with van der Waals surface area (Å²) < 4.78 is 5.13. The van der Waals surface area contributed by atoms with Crippen LogP contribution in [-0.2, 0) is 9.53 Å². The van der Waals surface area contributed by atoms with Gasteiger partial charge in [-0.05, 0) is 30.7 Å². The van der Waals surface area contributed by atoms with Crippen molar-refractivity contribution in [2.45, 2.75) is 6.92 Å². The first kappa shape index (κ1) is 10.8. The number of benzene rings is 1. The molecule has 0 saturated carbocycles. The SMILES string of the molecule is COC1=C(C)CN(c2ccc3nc[nH]c3c2)C1=O. The Balaban J connectivity index is 1.99. The predicted molar refractivity (Wildman–Crippen MR) is 68.2 cm³/mol. The van der Waals surface area contributed by atoms with E-state index in [0.717, 1.165) is 22.3 Å². The van der Waals surface area contributed by atoms with Crippen LogP contribution >= 0.6 is 0 Å². The van der Waals surface area contributed by atoms with Crippen LogP contribution < -0.4 is 4.90 Å². The van der Waals surface area contributed by atoms with Gasteiger partial charge >= 0.3 is 0 Å². The van der Waals surface area contributed by atoms with Gasteiger partial charge in [-0.2, -0.15) is 0 Å². The normalized spacial score (nSPS) is 15.9. The first-order chi connectivity index (χ1) is 8.70. The van der Waals surface area contributed by atoms with Crippen molar-refractivity contribution in [3.05, 3.63) is 35.9 Å². The molecule has 5 nitrogen and oxygen atoms in total. The van der Waals surface area contributed by atoms with Gasteiger partial charge in [0.25, 0.3) is 5.91 Å². The molecule has 0 saturated heterocycles. The summed E-state index contributed by atoms with van der Waals surface area (Å²) in [6, 6.07) is 5.72. The lowest BCUT2D eigenvalue weighted by molar-refractivity contribution is -0.117. The summed E-state index contributed by atoms with van der Waals surface area (Å²) >= 11 is 0. The number of aromatic amines is 1. The van der Waals surface area contributed by atoms with Crippen LogP contribution in [0.1, 0.15) is 6.92 Å². The number of amides is 1. The van der Waals surface area contributed by atoms with Gasteiger partial charge in [0.05, 0.1) is 31.0 Å². The maximum absolute atomic E-state index is 12.1. The van der Waals surface area contributed by atoms with Gasteiger partial charge in [0, 0.05) is 5.69 Å². The van der Waals surface area contributed by atoms with Crippen molar-refractivity contribution in [3.8, 4) is 0 Å². The predicted octanol–water partition coefficient (Wildman–Crippen LogP) is 1.83. The largest absolute Gasteiger partial charge is 0.491 e. The Hall–Kier alpha value is -2.30. The van der Waals surface area contributed by atoms with Crippen molar-refractivity contribution in [2.24, 2.45) is 0 Å². The average Bonchev–Trinajstić information content (AvgIpc) is 2.93. The van der Waals surface area contributed by atoms with Crippen molar-refractivity contribution in [1.29, 1.82) is 0 Å². The number of anilines is 1. The number of nitrogens with one attached hydrogen (secondary N) is 1. The maximum Gasteiger partial charge on any atom is 0.293 e. The van der Waals surface area contributed by atoms with Crippen molar-refractivity contribution in [3.63, 3.8) is 0 Å². The summed E-state index contributed by atoms with van der Waals surface area (Å²) in [5, 5.41) is 0. The minimum absolute atomic E-state index is 0.0890. The minimum atomic E-state index is -0.0890. The number of H-pyrrole nitrogens is 1. The molecule has 1 aromatic carbocycles. The molecule has 92 valence electrons. The van der Waals surface area contributed by atoms with Crippen LogP contribution in [0.15, 0.2) is 35.9 Å². The molecule has 0 aliphatic carbocycles. The van der Waals surface area contributed by atoms with Crippen LogP contribution in [0.25, 0.3) is 11.0 Å². The lowest BCUT2D eigenvalue weighted by Gasteiger charge is -2.16. The Bertz CT molecular complexity index is 657. The minimum Gasteiger partial charge on any atom is -0.491 e. The van der Waals surface area contributed by atoms with Gasteiger partial charge in [-0.3, -0.25) is 4.79 Å². The molecule has 2 heterocycles. The van der Waals surface area contributed by atoms with E-state index in [1.54, 1.807) is 11.2 Å². The van der Waals surface area contributed by atoms with E-state index in [1.165, 1.54) is 7.11 Å². The van der Waals surface area contributed by atoms with Crippen LogP contribution in [0.4, 0.5) is 5.69 Å². The summed E-state index contributed by atoms with van der Waals surface area (Å²) in [4.78, 5) is 21.0. The van der Waals surface area contributed by atoms with E-state index >= 15 is 0 Å². The van der Waals surface area contributed by atoms with E-state index in [2.05, 4.69) is 9.97 Å². The molecule has 1 aliphatic heterocycles. The molecular weight excluding hydrogens is 230 g/mol. The number of carbonyl (C=O) groups excluding carboxylic acids is 1. The molecule has 0 radical (unpaired) electrons. The maximum atomic E-state index is 12.1. The molecule has 0 unspecified atom stereocenters. The van der Waals surface area contributed by atoms with Gasteiger partial charge in [-0.1, -0.05) is 0 Å². The topological polar surface area (TPSA) is 58.2 Å². The fourth-order valence-electron chi connectivity index (χ4n) is 2.25. The molecule has 0 bridgehead atoms. The number of imidazole rings is 1. The number of hydrogen-bond donors (Lipinski definition) is 1. The van der Waals surface area contributed by atoms with E-state index in [0.29, 0.717) is 12.3 Å². The lowest BCUT2D eigenvalue weighted by atomic mass is 10.2. The van der Waals surface area contributed by atoms with Gasteiger partial charge in [-0.15, -0.1) is 0 Å². The molecule has 1 N–H and O–H groups in total. The van der Waals surface area contributed by atoms with Crippen LogP contribution in [0.5, 0.6) is 0 Å². The first-order valence-corrected chi connectivity index (χ1v) is 5.69. The summed E-state index contributed by atoms with van der Waals surface area (Å²) in [6.07, 6.45) is 1.64. The molecule has 0 spiro atoms. The first-order valence-electron chi connectivity index (χ1n) is 5.69. The summed E-state index contributed by atoms with van der Waals surface area (Å²) in [5.74, 6) is 0.355. The third kappa shape index (κ3) is 1.48. The second-order valence-corrected chi connectivity index (χ2v) is 4.31. The third-order valence-electron chi connectivity index (χ3n) is 3.14. The molecule has 1 amide bonds. The van der Waals surface area contributed by atoms with E-state index < -0.39 is 0 Å². The molecule has 2 aromatic rings. The van der Waals surface area contributed by atoms with Gasteiger partial charge in [-0.25, -0.2) is 4.98 Å². The summed E-state index contributed by atoms with van der Waals surface area (Å²) in [7, 11) is 1.53. The zero-order valence-electron chi connectivity index (χ0n) is 10.2. The van der Waals surface area contributed by atoms with Gasteiger partial charge in [0.1, 0.15) is 0 Å².